The number of halogens is 6. The van der Waals surface area contributed by atoms with Crippen molar-refractivity contribution in [1.29, 1.82) is 0 Å². The van der Waals surface area contributed by atoms with Crippen LogP contribution in [0.15, 0.2) is 18.2 Å². The van der Waals surface area contributed by atoms with E-state index in [1.807, 2.05) is 20.8 Å². The highest BCUT2D eigenvalue weighted by atomic mass is 19.4. The SMILES string of the molecule is CC.CC1(C(=O)N2CCC(CC(=O)Nc3cc(C(F)(F)F)cc(C(F)(F)F)c3)C2)CCCCN1. The Labute approximate surface area is 195 Å². The third-order valence-electron chi connectivity index (χ3n) is 6.01. The molecule has 0 bridgehead atoms. The molecule has 1 aromatic carbocycles. The molecule has 0 spiro atoms. The van der Waals surface area contributed by atoms with Crippen LogP contribution in [0.25, 0.3) is 0 Å². The molecule has 2 aliphatic heterocycles. The molecule has 11 heteroatoms. The number of rotatable bonds is 4. The number of carbonyl (C=O) groups excluding carboxylic acids is 2. The number of amides is 2. The molecule has 5 nitrogen and oxygen atoms in total. The fourth-order valence-corrected chi connectivity index (χ4v) is 4.27. The van der Waals surface area contributed by atoms with Gasteiger partial charge in [-0.05, 0) is 63.3 Å². The van der Waals surface area contributed by atoms with E-state index in [4.69, 9.17) is 0 Å². The molecule has 2 atom stereocenters. The van der Waals surface area contributed by atoms with Crippen molar-refractivity contribution in [1.82, 2.24) is 10.2 Å². The number of alkyl halides is 6. The second kappa shape index (κ2) is 11.0. The van der Waals surface area contributed by atoms with E-state index in [1.54, 1.807) is 4.90 Å². The Morgan fingerprint density at radius 2 is 1.65 bits per heavy atom. The molecular formula is C23H31F6N3O2. The minimum Gasteiger partial charge on any atom is -0.341 e. The summed E-state index contributed by atoms with van der Waals surface area (Å²) in [4.78, 5) is 26.9. The highest BCUT2D eigenvalue weighted by Gasteiger charge is 2.40. The van der Waals surface area contributed by atoms with E-state index in [0.717, 1.165) is 19.4 Å². The van der Waals surface area contributed by atoms with Crippen molar-refractivity contribution < 1.29 is 35.9 Å². The lowest BCUT2D eigenvalue weighted by Gasteiger charge is -2.36. The van der Waals surface area contributed by atoms with Crippen LogP contribution in [-0.2, 0) is 21.9 Å². The number of hydrogen-bond acceptors (Lipinski definition) is 3. The first-order chi connectivity index (χ1) is 15.8. The van der Waals surface area contributed by atoms with Crippen LogP contribution in [0.2, 0.25) is 0 Å². The van der Waals surface area contributed by atoms with Crippen molar-refractivity contribution in [2.75, 3.05) is 25.0 Å². The average Bonchev–Trinajstić information content (AvgIpc) is 3.21. The lowest BCUT2D eigenvalue weighted by atomic mass is 9.89. The Morgan fingerprint density at radius 3 is 2.15 bits per heavy atom. The molecule has 0 saturated carbocycles. The van der Waals surface area contributed by atoms with Crippen LogP contribution in [0.4, 0.5) is 32.0 Å². The quantitative estimate of drug-likeness (QED) is 0.546. The van der Waals surface area contributed by atoms with Gasteiger partial charge in [0.15, 0.2) is 0 Å². The summed E-state index contributed by atoms with van der Waals surface area (Å²) in [5.41, 5.74) is -4.20. The molecule has 0 aliphatic carbocycles. The topological polar surface area (TPSA) is 61.4 Å². The Morgan fingerprint density at radius 1 is 1.06 bits per heavy atom. The fourth-order valence-electron chi connectivity index (χ4n) is 4.27. The van der Waals surface area contributed by atoms with E-state index in [1.165, 1.54) is 0 Å². The molecule has 2 saturated heterocycles. The van der Waals surface area contributed by atoms with Gasteiger partial charge in [-0.15, -0.1) is 0 Å². The molecule has 34 heavy (non-hydrogen) atoms. The molecule has 2 heterocycles. The summed E-state index contributed by atoms with van der Waals surface area (Å²) < 4.78 is 77.9. The normalized spacial score (nSPS) is 23.2. The number of carbonyl (C=O) groups is 2. The van der Waals surface area contributed by atoms with Crippen LogP contribution in [0, 0.1) is 5.92 Å². The van der Waals surface area contributed by atoms with Crippen LogP contribution in [-0.4, -0.2) is 41.9 Å². The van der Waals surface area contributed by atoms with Gasteiger partial charge in [0.05, 0.1) is 16.7 Å². The summed E-state index contributed by atoms with van der Waals surface area (Å²) in [7, 11) is 0. The lowest BCUT2D eigenvalue weighted by molar-refractivity contribution is -0.143. The van der Waals surface area contributed by atoms with Gasteiger partial charge in [-0.1, -0.05) is 13.8 Å². The van der Waals surface area contributed by atoms with Crippen LogP contribution >= 0.6 is 0 Å². The van der Waals surface area contributed by atoms with E-state index in [9.17, 15) is 35.9 Å². The standard InChI is InChI=1S/C21H25F6N3O2.C2H6/c1-19(5-2-3-6-28-19)18(32)30-7-4-13(12-30)8-17(31)29-16-10-14(20(22,23)24)9-15(11-16)21(25,26)27;1-2/h9-11,13,28H,2-8,12H2,1H3,(H,29,31);1-2H3. The first-order valence-corrected chi connectivity index (χ1v) is 11.4. The van der Waals surface area contributed by atoms with Crippen molar-refractivity contribution in [3.05, 3.63) is 29.3 Å². The predicted molar refractivity (Wildman–Crippen MR) is 116 cm³/mol. The predicted octanol–water partition coefficient (Wildman–Crippen LogP) is 5.46. The first-order valence-electron chi connectivity index (χ1n) is 11.4. The van der Waals surface area contributed by atoms with Crippen LogP contribution in [0.3, 0.4) is 0 Å². The van der Waals surface area contributed by atoms with Crippen molar-refractivity contribution in [2.24, 2.45) is 5.92 Å². The number of piperidine rings is 1. The third-order valence-corrected chi connectivity index (χ3v) is 6.01. The Hall–Kier alpha value is -2.30. The summed E-state index contributed by atoms with van der Waals surface area (Å²) >= 11 is 0. The molecule has 2 amide bonds. The van der Waals surface area contributed by atoms with Crippen molar-refractivity contribution in [2.45, 2.75) is 70.8 Å². The summed E-state index contributed by atoms with van der Waals surface area (Å²) in [6, 6.07) is 0.969. The van der Waals surface area contributed by atoms with Crippen molar-refractivity contribution in [3.63, 3.8) is 0 Å². The number of hydrogen-bond donors (Lipinski definition) is 2. The summed E-state index contributed by atoms with van der Waals surface area (Å²) in [5.74, 6) is -0.967. The average molecular weight is 496 g/mol. The third kappa shape index (κ3) is 7.10. The second-order valence-electron chi connectivity index (χ2n) is 8.67. The van der Waals surface area contributed by atoms with E-state index in [0.29, 0.717) is 38.1 Å². The van der Waals surface area contributed by atoms with Crippen molar-refractivity contribution in [3.8, 4) is 0 Å². The van der Waals surface area contributed by atoms with Crippen molar-refractivity contribution >= 4 is 17.5 Å². The number of nitrogens with one attached hydrogen (secondary N) is 2. The zero-order valence-corrected chi connectivity index (χ0v) is 19.5. The van der Waals surface area contributed by atoms with Gasteiger partial charge < -0.3 is 15.5 Å². The maximum absolute atomic E-state index is 13.0. The number of benzene rings is 1. The molecule has 3 rings (SSSR count). The molecule has 2 fully saturated rings. The van der Waals surface area contributed by atoms with Gasteiger partial charge in [0, 0.05) is 25.2 Å². The van der Waals surface area contributed by atoms with E-state index >= 15 is 0 Å². The minimum atomic E-state index is -4.99. The Balaban J connectivity index is 0.00000199. The van der Waals surface area contributed by atoms with E-state index in [-0.39, 0.29) is 24.3 Å². The summed E-state index contributed by atoms with van der Waals surface area (Å²) in [5, 5.41) is 5.39. The van der Waals surface area contributed by atoms with Gasteiger partial charge in [0.1, 0.15) is 0 Å². The molecule has 1 aromatic rings. The van der Waals surface area contributed by atoms with Crippen LogP contribution in [0.5, 0.6) is 0 Å². The Bertz CT molecular complexity index is 831. The van der Waals surface area contributed by atoms with Gasteiger partial charge in [0.25, 0.3) is 0 Å². The molecule has 192 valence electrons. The maximum Gasteiger partial charge on any atom is 0.416 e. The Kier molecular flexibility index (Phi) is 9.01. The van der Waals surface area contributed by atoms with Gasteiger partial charge in [-0.3, -0.25) is 9.59 Å². The van der Waals surface area contributed by atoms with Crippen LogP contribution in [0.1, 0.15) is 64.0 Å². The zero-order chi connectivity index (χ0) is 25.7. The number of nitrogens with zero attached hydrogens (tertiary/aromatic N) is 1. The van der Waals surface area contributed by atoms with Crippen LogP contribution < -0.4 is 10.6 Å². The second-order valence-corrected chi connectivity index (χ2v) is 8.67. The van der Waals surface area contributed by atoms with E-state index < -0.39 is 40.6 Å². The molecule has 2 N–H and O–H groups in total. The van der Waals surface area contributed by atoms with Gasteiger partial charge >= 0.3 is 12.4 Å². The smallest absolute Gasteiger partial charge is 0.341 e. The molecule has 0 radical (unpaired) electrons. The lowest BCUT2D eigenvalue weighted by Crippen LogP contribution is -2.57. The van der Waals surface area contributed by atoms with Gasteiger partial charge in [0.2, 0.25) is 11.8 Å². The highest BCUT2D eigenvalue weighted by molar-refractivity contribution is 5.91. The number of anilines is 1. The maximum atomic E-state index is 13.0. The minimum absolute atomic E-state index is 0.00992. The monoisotopic (exact) mass is 495 g/mol. The zero-order valence-electron chi connectivity index (χ0n) is 19.5. The highest BCUT2D eigenvalue weighted by Crippen LogP contribution is 2.37. The first kappa shape index (κ1) is 27.9. The molecular weight excluding hydrogens is 464 g/mol. The van der Waals surface area contributed by atoms with Gasteiger partial charge in [-0.2, -0.15) is 26.3 Å². The molecule has 0 aromatic heterocycles. The van der Waals surface area contributed by atoms with E-state index in [2.05, 4.69) is 10.6 Å². The largest absolute Gasteiger partial charge is 0.416 e. The molecule has 2 aliphatic rings. The summed E-state index contributed by atoms with van der Waals surface area (Å²) in [6.45, 7) is 7.37. The fraction of sp³-hybridized carbons (Fsp3) is 0.652. The molecule has 2 unspecified atom stereocenters. The summed E-state index contributed by atoms with van der Waals surface area (Å²) in [6.07, 6.45) is -6.91. The number of likely N-dealkylation sites (tertiary alicyclic amines) is 1. The van der Waals surface area contributed by atoms with Gasteiger partial charge in [-0.25, -0.2) is 0 Å².